The second-order valence-corrected chi connectivity index (χ2v) is 7.83. The minimum absolute atomic E-state index is 0.0958. The van der Waals surface area contributed by atoms with E-state index in [4.69, 9.17) is 9.26 Å². The number of carbonyl (C=O) groups excluding carboxylic acids is 1. The summed E-state index contributed by atoms with van der Waals surface area (Å²) in [5, 5.41) is 11.5. The van der Waals surface area contributed by atoms with E-state index >= 15 is 0 Å². The van der Waals surface area contributed by atoms with E-state index in [9.17, 15) is 4.79 Å². The van der Waals surface area contributed by atoms with Crippen molar-refractivity contribution in [1.82, 2.24) is 20.8 Å². The number of ether oxygens (including phenoxy) is 1. The number of rotatable bonds is 6. The Hall–Kier alpha value is -2.93. The standard InChI is InChI=1S/C22H24N4O3/c1-28-15-8-6-14(7-9-15)18-11-16(21(27)24-12-13-4-5-13)19-20(17-3-2-10-23-17)26-29-22(19)25-18/h6-9,11,13,17,23H,2-5,10,12H2,1H3,(H,24,27). The minimum atomic E-state index is -0.0958. The minimum Gasteiger partial charge on any atom is -0.497 e. The van der Waals surface area contributed by atoms with Crippen molar-refractivity contribution in [2.45, 2.75) is 31.7 Å². The zero-order valence-electron chi connectivity index (χ0n) is 16.4. The Labute approximate surface area is 168 Å². The molecule has 1 aromatic carbocycles. The molecule has 1 unspecified atom stereocenters. The summed E-state index contributed by atoms with van der Waals surface area (Å²) >= 11 is 0. The number of benzene rings is 1. The molecule has 29 heavy (non-hydrogen) atoms. The monoisotopic (exact) mass is 392 g/mol. The molecule has 2 N–H and O–H groups in total. The van der Waals surface area contributed by atoms with E-state index in [0.29, 0.717) is 29.4 Å². The SMILES string of the molecule is COc1ccc(-c2cc(C(=O)NCC3CC3)c3c(C4CCCN4)noc3n2)cc1. The molecule has 3 aromatic rings. The van der Waals surface area contributed by atoms with Gasteiger partial charge in [-0.2, -0.15) is 0 Å². The van der Waals surface area contributed by atoms with Gasteiger partial charge in [0.1, 0.15) is 11.4 Å². The average Bonchev–Trinajstić information content (AvgIpc) is 3.24. The van der Waals surface area contributed by atoms with Crippen LogP contribution in [0.5, 0.6) is 5.75 Å². The van der Waals surface area contributed by atoms with E-state index in [1.807, 2.05) is 30.3 Å². The lowest BCUT2D eigenvalue weighted by atomic mass is 10.0. The van der Waals surface area contributed by atoms with E-state index in [-0.39, 0.29) is 11.9 Å². The van der Waals surface area contributed by atoms with Crippen molar-refractivity contribution < 1.29 is 14.1 Å². The normalized spacial score (nSPS) is 18.9. The van der Waals surface area contributed by atoms with Gasteiger partial charge in [0, 0.05) is 12.1 Å². The van der Waals surface area contributed by atoms with Crippen molar-refractivity contribution in [3.8, 4) is 17.0 Å². The van der Waals surface area contributed by atoms with Gasteiger partial charge in [0.25, 0.3) is 11.6 Å². The van der Waals surface area contributed by atoms with Crippen LogP contribution in [0.2, 0.25) is 0 Å². The van der Waals surface area contributed by atoms with Crippen molar-refractivity contribution in [2.75, 3.05) is 20.2 Å². The Morgan fingerprint density at radius 1 is 1.28 bits per heavy atom. The summed E-state index contributed by atoms with van der Waals surface area (Å²) in [6, 6.07) is 9.55. The number of hydrogen-bond donors (Lipinski definition) is 2. The van der Waals surface area contributed by atoms with Gasteiger partial charge in [0.15, 0.2) is 0 Å². The summed E-state index contributed by atoms with van der Waals surface area (Å²) in [4.78, 5) is 17.8. The molecular weight excluding hydrogens is 368 g/mol. The molecule has 1 aliphatic carbocycles. The Morgan fingerprint density at radius 2 is 2.10 bits per heavy atom. The predicted molar refractivity (Wildman–Crippen MR) is 109 cm³/mol. The molecular formula is C22H24N4O3. The fourth-order valence-corrected chi connectivity index (χ4v) is 3.87. The van der Waals surface area contributed by atoms with Gasteiger partial charge in [-0.1, -0.05) is 5.16 Å². The zero-order chi connectivity index (χ0) is 19.8. The number of amides is 1. The number of methoxy groups -OCH3 is 1. The van der Waals surface area contributed by atoms with E-state index in [2.05, 4.69) is 20.8 Å². The molecule has 2 aliphatic rings. The van der Waals surface area contributed by atoms with Crippen LogP contribution in [0.3, 0.4) is 0 Å². The predicted octanol–water partition coefficient (Wildman–Crippen LogP) is 3.46. The van der Waals surface area contributed by atoms with Crippen LogP contribution in [0.1, 0.15) is 47.8 Å². The maximum Gasteiger partial charge on any atom is 0.259 e. The highest BCUT2D eigenvalue weighted by molar-refractivity contribution is 6.07. The Balaban J connectivity index is 1.58. The zero-order valence-corrected chi connectivity index (χ0v) is 16.4. The van der Waals surface area contributed by atoms with Gasteiger partial charge in [-0.25, -0.2) is 4.98 Å². The van der Waals surface area contributed by atoms with Gasteiger partial charge in [0.2, 0.25) is 0 Å². The molecule has 150 valence electrons. The first-order valence-electron chi connectivity index (χ1n) is 10.2. The Bertz CT molecular complexity index is 1030. The Kier molecular flexibility index (Phi) is 4.67. The molecule has 2 aromatic heterocycles. The lowest BCUT2D eigenvalue weighted by Gasteiger charge is -2.11. The van der Waals surface area contributed by atoms with Crippen molar-refractivity contribution in [2.24, 2.45) is 5.92 Å². The lowest BCUT2D eigenvalue weighted by Crippen LogP contribution is -2.26. The van der Waals surface area contributed by atoms with Crippen LogP contribution in [-0.4, -0.2) is 36.2 Å². The van der Waals surface area contributed by atoms with Gasteiger partial charge < -0.3 is 19.9 Å². The third-order valence-electron chi connectivity index (χ3n) is 5.74. The molecule has 7 heteroatoms. The summed E-state index contributed by atoms with van der Waals surface area (Å²) in [7, 11) is 1.63. The first kappa shape index (κ1) is 18.1. The van der Waals surface area contributed by atoms with E-state index < -0.39 is 0 Å². The third kappa shape index (κ3) is 3.58. The van der Waals surface area contributed by atoms with Crippen molar-refractivity contribution in [3.63, 3.8) is 0 Å². The smallest absolute Gasteiger partial charge is 0.259 e. The van der Waals surface area contributed by atoms with Crippen LogP contribution in [0.4, 0.5) is 0 Å². The molecule has 1 amide bonds. The van der Waals surface area contributed by atoms with E-state index in [1.165, 1.54) is 12.8 Å². The molecule has 1 atom stereocenters. The number of nitrogens with zero attached hydrogens (tertiary/aromatic N) is 2. The summed E-state index contributed by atoms with van der Waals surface area (Å²) < 4.78 is 10.8. The van der Waals surface area contributed by atoms with Gasteiger partial charge >= 0.3 is 0 Å². The van der Waals surface area contributed by atoms with Gasteiger partial charge in [-0.15, -0.1) is 0 Å². The number of carbonyl (C=O) groups is 1. The fourth-order valence-electron chi connectivity index (χ4n) is 3.87. The number of hydrogen-bond acceptors (Lipinski definition) is 6. The highest BCUT2D eigenvalue weighted by Crippen LogP contribution is 2.34. The number of pyridine rings is 1. The lowest BCUT2D eigenvalue weighted by molar-refractivity contribution is 0.0953. The number of aromatic nitrogens is 2. The molecule has 5 rings (SSSR count). The fraction of sp³-hybridized carbons (Fsp3) is 0.409. The molecule has 0 spiro atoms. The average molecular weight is 392 g/mol. The maximum absolute atomic E-state index is 13.1. The van der Waals surface area contributed by atoms with Crippen LogP contribution in [0, 0.1) is 5.92 Å². The van der Waals surface area contributed by atoms with E-state index in [0.717, 1.165) is 41.8 Å². The van der Waals surface area contributed by atoms with Crippen molar-refractivity contribution in [1.29, 1.82) is 0 Å². The number of fused-ring (bicyclic) bond motifs is 1. The van der Waals surface area contributed by atoms with Crippen LogP contribution in [-0.2, 0) is 0 Å². The van der Waals surface area contributed by atoms with Crippen molar-refractivity contribution in [3.05, 3.63) is 41.6 Å². The molecule has 1 saturated carbocycles. The molecule has 3 heterocycles. The summed E-state index contributed by atoms with van der Waals surface area (Å²) in [6.45, 7) is 1.66. The summed E-state index contributed by atoms with van der Waals surface area (Å²) in [5.41, 5.74) is 3.33. The highest BCUT2D eigenvalue weighted by Gasteiger charge is 2.28. The van der Waals surface area contributed by atoms with Crippen LogP contribution >= 0.6 is 0 Å². The van der Waals surface area contributed by atoms with Crippen molar-refractivity contribution >= 4 is 17.0 Å². The first-order chi connectivity index (χ1) is 14.2. The Morgan fingerprint density at radius 3 is 2.79 bits per heavy atom. The third-order valence-corrected chi connectivity index (χ3v) is 5.74. The van der Waals surface area contributed by atoms with Crippen LogP contribution in [0.15, 0.2) is 34.9 Å². The summed E-state index contributed by atoms with van der Waals surface area (Å²) in [5.74, 6) is 1.28. The van der Waals surface area contributed by atoms with Crippen LogP contribution in [0.25, 0.3) is 22.4 Å². The van der Waals surface area contributed by atoms with Gasteiger partial charge in [-0.05, 0) is 68.5 Å². The molecule has 0 radical (unpaired) electrons. The quantitative estimate of drug-likeness (QED) is 0.668. The molecule has 2 fully saturated rings. The maximum atomic E-state index is 13.1. The second kappa shape index (κ2) is 7.48. The highest BCUT2D eigenvalue weighted by atomic mass is 16.5. The largest absolute Gasteiger partial charge is 0.497 e. The van der Waals surface area contributed by atoms with Crippen LogP contribution < -0.4 is 15.4 Å². The molecule has 1 saturated heterocycles. The van der Waals surface area contributed by atoms with E-state index in [1.54, 1.807) is 7.11 Å². The second-order valence-electron chi connectivity index (χ2n) is 7.83. The molecule has 1 aliphatic heterocycles. The molecule has 7 nitrogen and oxygen atoms in total. The first-order valence-corrected chi connectivity index (χ1v) is 10.2. The molecule has 0 bridgehead atoms. The van der Waals surface area contributed by atoms with Gasteiger partial charge in [0.05, 0.1) is 29.8 Å². The topological polar surface area (TPSA) is 89.3 Å². The van der Waals surface area contributed by atoms with Gasteiger partial charge in [-0.3, -0.25) is 4.79 Å². The summed E-state index contributed by atoms with van der Waals surface area (Å²) in [6.07, 6.45) is 4.44. The number of nitrogens with one attached hydrogen (secondary N) is 2.